The number of anilines is 1. The summed E-state index contributed by atoms with van der Waals surface area (Å²) in [5, 5.41) is 9.11. The predicted molar refractivity (Wildman–Crippen MR) is 77.7 cm³/mol. The fourth-order valence-corrected chi connectivity index (χ4v) is 3.08. The topological polar surface area (TPSA) is 40.5 Å². The highest BCUT2D eigenvalue weighted by Crippen LogP contribution is 2.36. The van der Waals surface area contributed by atoms with Gasteiger partial charge in [0, 0.05) is 17.8 Å². The van der Waals surface area contributed by atoms with Crippen molar-refractivity contribution in [2.45, 2.75) is 52.6 Å². The van der Waals surface area contributed by atoms with Crippen LogP contribution in [-0.2, 0) is 11.2 Å². The Balaban J connectivity index is 2.25. The van der Waals surface area contributed by atoms with Gasteiger partial charge in [-0.2, -0.15) is 0 Å². The van der Waals surface area contributed by atoms with Gasteiger partial charge in [0.2, 0.25) is 0 Å². The lowest BCUT2D eigenvalue weighted by atomic mass is 9.98. The van der Waals surface area contributed by atoms with Gasteiger partial charge in [0.05, 0.1) is 5.92 Å². The van der Waals surface area contributed by atoms with E-state index in [1.54, 1.807) is 6.92 Å². The Morgan fingerprint density at radius 2 is 2.11 bits per heavy atom. The van der Waals surface area contributed by atoms with Crippen LogP contribution >= 0.6 is 0 Å². The second-order valence-corrected chi connectivity index (χ2v) is 5.97. The number of carbonyl (C=O) groups is 1. The number of hydrogen-bond donors (Lipinski definition) is 1. The molecule has 0 bridgehead atoms. The Hall–Kier alpha value is -1.51. The van der Waals surface area contributed by atoms with Crippen LogP contribution in [0.2, 0.25) is 0 Å². The molecular formula is C16H23NO2. The van der Waals surface area contributed by atoms with Crippen molar-refractivity contribution in [2.75, 3.05) is 4.90 Å². The van der Waals surface area contributed by atoms with Gasteiger partial charge in [-0.3, -0.25) is 4.79 Å². The van der Waals surface area contributed by atoms with E-state index in [1.165, 1.54) is 16.8 Å². The first-order valence-corrected chi connectivity index (χ1v) is 7.00. The second kappa shape index (κ2) is 5.24. The fourth-order valence-electron chi connectivity index (χ4n) is 3.08. The van der Waals surface area contributed by atoms with E-state index in [4.69, 9.17) is 5.11 Å². The van der Waals surface area contributed by atoms with Crippen LogP contribution in [0, 0.1) is 12.8 Å². The van der Waals surface area contributed by atoms with Crippen molar-refractivity contribution in [3.05, 3.63) is 29.3 Å². The number of carboxylic acid groups (broad SMARTS) is 1. The summed E-state index contributed by atoms with van der Waals surface area (Å²) in [7, 11) is 0. The van der Waals surface area contributed by atoms with Crippen LogP contribution in [-0.4, -0.2) is 23.2 Å². The monoisotopic (exact) mass is 261 g/mol. The maximum atomic E-state index is 11.1. The van der Waals surface area contributed by atoms with Crippen LogP contribution in [0.15, 0.2) is 18.2 Å². The molecule has 3 heteroatoms. The smallest absolute Gasteiger partial charge is 0.306 e. The van der Waals surface area contributed by atoms with Crippen LogP contribution in [0.1, 0.15) is 38.3 Å². The lowest BCUT2D eigenvalue weighted by Gasteiger charge is -2.32. The second-order valence-electron chi connectivity index (χ2n) is 5.97. The summed E-state index contributed by atoms with van der Waals surface area (Å²) in [6.45, 7) is 8.25. The molecule has 1 heterocycles. The molecule has 0 radical (unpaired) electrons. The van der Waals surface area contributed by atoms with E-state index in [0.717, 1.165) is 6.42 Å². The van der Waals surface area contributed by atoms with Gasteiger partial charge in [-0.15, -0.1) is 0 Å². The average Bonchev–Trinajstić information content (AvgIpc) is 2.65. The van der Waals surface area contributed by atoms with E-state index in [1.807, 2.05) is 0 Å². The summed E-state index contributed by atoms with van der Waals surface area (Å²) in [5.74, 6) is -0.988. The van der Waals surface area contributed by atoms with Crippen molar-refractivity contribution in [3.8, 4) is 0 Å². The quantitative estimate of drug-likeness (QED) is 0.904. The van der Waals surface area contributed by atoms with Gasteiger partial charge in [0.1, 0.15) is 0 Å². The SMILES string of the molecule is Cc1ccc2c(c1)CC(CC(C)C(=O)O)N2C(C)C. The molecule has 2 rings (SSSR count). The molecule has 1 aliphatic heterocycles. The summed E-state index contributed by atoms with van der Waals surface area (Å²) < 4.78 is 0. The predicted octanol–water partition coefficient (Wildman–Crippen LogP) is 3.25. The van der Waals surface area contributed by atoms with E-state index in [0.29, 0.717) is 18.5 Å². The number of aryl methyl sites for hydroxylation is 1. The summed E-state index contributed by atoms with van der Waals surface area (Å²) in [5.41, 5.74) is 3.91. The van der Waals surface area contributed by atoms with Gasteiger partial charge in [-0.05, 0) is 45.2 Å². The highest BCUT2D eigenvalue weighted by molar-refractivity contribution is 5.70. The van der Waals surface area contributed by atoms with Crippen LogP contribution in [0.3, 0.4) is 0 Å². The first kappa shape index (κ1) is 13.9. The largest absolute Gasteiger partial charge is 0.481 e. The molecule has 2 unspecified atom stereocenters. The molecule has 19 heavy (non-hydrogen) atoms. The van der Waals surface area contributed by atoms with Crippen LogP contribution in [0.25, 0.3) is 0 Å². The minimum absolute atomic E-state index is 0.290. The summed E-state index contributed by atoms with van der Waals surface area (Å²) in [6.07, 6.45) is 1.67. The minimum atomic E-state index is -0.698. The van der Waals surface area contributed by atoms with Gasteiger partial charge < -0.3 is 10.0 Å². The molecule has 1 aromatic rings. The zero-order valence-corrected chi connectivity index (χ0v) is 12.2. The zero-order chi connectivity index (χ0) is 14.2. The van der Waals surface area contributed by atoms with Gasteiger partial charge in [0.15, 0.2) is 0 Å². The Morgan fingerprint density at radius 3 is 2.68 bits per heavy atom. The van der Waals surface area contributed by atoms with Crippen LogP contribution < -0.4 is 4.90 Å². The Kier molecular flexibility index (Phi) is 3.83. The number of aliphatic carboxylic acids is 1. The highest BCUT2D eigenvalue weighted by atomic mass is 16.4. The highest BCUT2D eigenvalue weighted by Gasteiger charge is 2.33. The van der Waals surface area contributed by atoms with Crippen molar-refractivity contribution in [1.29, 1.82) is 0 Å². The average molecular weight is 261 g/mol. The van der Waals surface area contributed by atoms with Gasteiger partial charge in [-0.25, -0.2) is 0 Å². The molecule has 0 amide bonds. The molecule has 1 N–H and O–H groups in total. The molecular weight excluding hydrogens is 238 g/mol. The number of benzene rings is 1. The molecule has 0 spiro atoms. The molecule has 0 fully saturated rings. The molecule has 0 aromatic heterocycles. The lowest BCUT2D eigenvalue weighted by molar-refractivity contribution is -0.141. The Bertz CT molecular complexity index is 482. The normalized spacial score (nSPS) is 19.6. The maximum Gasteiger partial charge on any atom is 0.306 e. The lowest BCUT2D eigenvalue weighted by Crippen LogP contribution is -2.39. The van der Waals surface area contributed by atoms with Crippen LogP contribution in [0.5, 0.6) is 0 Å². The molecule has 1 aromatic carbocycles. The zero-order valence-electron chi connectivity index (χ0n) is 12.2. The Morgan fingerprint density at radius 1 is 1.42 bits per heavy atom. The third kappa shape index (κ3) is 2.75. The van der Waals surface area contributed by atoms with E-state index >= 15 is 0 Å². The van der Waals surface area contributed by atoms with E-state index in [-0.39, 0.29) is 5.92 Å². The van der Waals surface area contributed by atoms with Gasteiger partial charge in [-0.1, -0.05) is 24.6 Å². The van der Waals surface area contributed by atoms with Gasteiger partial charge >= 0.3 is 5.97 Å². The van der Waals surface area contributed by atoms with Crippen molar-refractivity contribution in [2.24, 2.45) is 5.92 Å². The first-order valence-electron chi connectivity index (χ1n) is 7.00. The van der Waals surface area contributed by atoms with Crippen molar-refractivity contribution < 1.29 is 9.90 Å². The number of fused-ring (bicyclic) bond motifs is 1. The fraction of sp³-hybridized carbons (Fsp3) is 0.562. The Labute approximate surface area is 115 Å². The van der Waals surface area contributed by atoms with Crippen molar-refractivity contribution in [3.63, 3.8) is 0 Å². The van der Waals surface area contributed by atoms with Crippen molar-refractivity contribution >= 4 is 11.7 Å². The number of hydrogen-bond acceptors (Lipinski definition) is 2. The minimum Gasteiger partial charge on any atom is -0.481 e. The third-order valence-corrected chi connectivity index (χ3v) is 3.97. The van der Waals surface area contributed by atoms with E-state index in [2.05, 4.69) is 43.9 Å². The standard InChI is InChI=1S/C16H23NO2/c1-10(2)17-14(8-12(4)16(18)19)9-13-7-11(3)5-6-15(13)17/h5-7,10,12,14H,8-9H2,1-4H3,(H,18,19). The maximum absolute atomic E-state index is 11.1. The summed E-state index contributed by atoms with van der Waals surface area (Å²) >= 11 is 0. The molecule has 0 saturated heterocycles. The molecule has 104 valence electrons. The summed E-state index contributed by atoms with van der Waals surface area (Å²) in [6, 6.07) is 7.25. The van der Waals surface area contributed by atoms with E-state index < -0.39 is 5.97 Å². The molecule has 2 atom stereocenters. The third-order valence-electron chi connectivity index (χ3n) is 3.97. The molecule has 1 aliphatic rings. The van der Waals surface area contributed by atoms with Crippen LogP contribution in [0.4, 0.5) is 5.69 Å². The van der Waals surface area contributed by atoms with E-state index in [9.17, 15) is 4.79 Å². The summed E-state index contributed by atoms with van der Waals surface area (Å²) in [4.78, 5) is 13.5. The number of nitrogens with zero attached hydrogens (tertiary/aromatic N) is 1. The number of rotatable bonds is 4. The van der Waals surface area contributed by atoms with Gasteiger partial charge in [0.25, 0.3) is 0 Å². The molecule has 3 nitrogen and oxygen atoms in total. The molecule has 0 saturated carbocycles. The molecule has 0 aliphatic carbocycles. The first-order chi connectivity index (χ1) is 8.90. The number of carboxylic acids is 1. The van der Waals surface area contributed by atoms with Crippen molar-refractivity contribution in [1.82, 2.24) is 0 Å².